The lowest BCUT2D eigenvalue weighted by Crippen LogP contribution is -2.45. The van der Waals surface area contributed by atoms with E-state index in [0.29, 0.717) is 0 Å². The fourth-order valence-corrected chi connectivity index (χ4v) is 4.85. The maximum Gasteiger partial charge on any atom is 0.123 e. The topological polar surface area (TPSA) is 20.2 Å². The molecule has 0 aliphatic heterocycles. The molecule has 0 amide bonds. The minimum atomic E-state index is -0.831. The molecule has 0 heterocycles. The average Bonchev–Trinajstić information content (AvgIpc) is 2.89. The van der Waals surface area contributed by atoms with Crippen molar-refractivity contribution in [2.24, 2.45) is 11.3 Å². The van der Waals surface area contributed by atoms with Crippen LogP contribution in [0.3, 0.4) is 0 Å². The van der Waals surface area contributed by atoms with Crippen molar-refractivity contribution in [2.75, 3.05) is 5.75 Å². The molecule has 1 aliphatic rings. The molecule has 0 fully saturated rings. The van der Waals surface area contributed by atoms with Crippen LogP contribution in [0, 0.1) is 17.2 Å². The minimum absolute atomic E-state index is 0.202. The standard InChI is InChI=1S/C18H27FO.C6H14S.C2H6/c1-5-7-14(8-6-2)18(20)16-10-9-15(19)11-13(16)12-17(18,3)4;1-2-3-4-5-6-7;1-2/h9-11,14,20H,5-8,12H2,1-4H3;7H,2-6H2,1H3;1-2H3. The van der Waals surface area contributed by atoms with Gasteiger partial charge in [0.2, 0.25) is 0 Å². The smallest absolute Gasteiger partial charge is 0.123 e. The lowest BCUT2D eigenvalue weighted by molar-refractivity contribution is -0.113. The number of aliphatic hydroxyl groups is 1. The Labute approximate surface area is 186 Å². The molecule has 0 bridgehead atoms. The predicted octanol–water partition coefficient (Wildman–Crippen LogP) is 8.33. The largest absolute Gasteiger partial charge is 0.384 e. The third kappa shape index (κ3) is 7.58. The highest BCUT2D eigenvalue weighted by Gasteiger charge is 2.54. The Morgan fingerprint density at radius 2 is 1.59 bits per heavy atom. The molecule has 3 heteroatoms. The fourth-order valence-electron chi connectivity index (χ4n) is 4.63. The first kappa shape index (κ1) is 28.5. The molecule has 170 valence electrons. The van der Waals surface area contributed by atoms with Crippen LogP contribution >= 0.6 is 12.6 Å². The normalized spacial score (nSPS) is 19.1. The zero-order chi connectivity index (χ0) is 22.5. The second-order valence-electron chi connectivity index (χ2n) is 8.69. The van der Waals surface area contributed by atoms with E-state index < -0.39 is 5.60 Å². The number of unbranched alkanes of at least 4 members (excludes halogenated alkanes) is 3. The van der Waals surface area contributed by atoms with E-state index in [1.807, 2.05) is 13.8 Å². The fraction of sp³-hybridized carbons (Fsp3) is 0.769. The summed E-state index contributed by atoms with van der Waals surface area (Å²) >= 11 is 4.09. The first-order valence-electron chi connectivity index (χ1n) is 11.9. The van der Waals surface area contributed by atoms with Crippen molar-refractivity contribution in [3.05, 3.63) is 35.1 Å². The Morgan fingerprint density at radius 3 is 2.07 bits per heavy atom. The maximum atomic E-state index is 13.5. The quantitative estimate of drug-likeness (QED) is 0.300. The van der Waals surface area contributed by atoms with E-state index >= 15 is 0 Å². The summed E-state index contributed by atoms with van der Waals surface area (Å²) in [6.45, 7) is 14.8. The molecule has 1 N–H and O–H groups in total. The van der Waals surface area contributed by atoms with Gasteiger partial charge in [0.25, 0.3) is 0 Å². The molecule has 2 rings (SSSR count). The van der Waals surface area contributed by atoms with Crippen molar-refractivity contribution in [3.63, 3.8) is 0 Å². The average molecular weight is 427 g/mol. The molecule has 0 spiro atoms. The van der Waals surface area contributed by atoms with E-state index in [-0.39, 0.29) is 17.2 Å². The van der Waals surface area contributed by atoms with Gasteiger partial charge in [-0.1, -0.05) is 86.6 Å². The Morgan fingerprint density at radius 1 is 1.00 bits per heavy atom. The van der Waals surface area contributed by atoms with Gasteiger partial charge in [-0.25, -0.2) is 4.39 Å². The summed E-state index contributed by atoms with van der Waals surface area (Å²) in [4.78, 5) is 0. The summed E-state index contributed by atoms with van der Waals surface area (Å²) in [5, 5.41) is 11.6. The van der Waals surface area contributed by atoms with E-state index in [4.69, 9.17) is 0 Å². The molecule has 29 heavy (non-hydrogen) atoms. The predicted molar refractivity (Wildman–Crippen MR) is 130 cm³/mol. The monoisotopic (exact) mass is 426 g/mol. The Bertz CT molecular complexity index is 548. The second kappa shape index (κ2) is 14.5. The Kier molecular flexibility index (Phi) is 14.2. The highest BCUT2D eigenvalue weighted by molar-refractivity contribution is 7.80. The summed E-state index contributed by atoms with van der Waals surface area (Å²) < 4.78 is 13.5. The van der Waals surface area contributed by atoms with E-state index in [9.17, 15) is 9.50 Å². The molecule has 1 aromatic rings. The van der Waals surface area contributed by atoms with Crippen LogP contribution in [-0.4, -0.2) is 10.9 Å². The van der Waals surface area contributed by atoms with Gasteiger partial charge in [0.05, 0.1) is 5.60 Å². The van der Waals surface area contributed by atoms with Crippen molar-refractivity contribution in [2.45, 2.75) is 112 Å². The number of hydrogen-bond donors (Lipinski definition) is 2. The number of thiol groups is 1. The summed E-state index contributed by atoms with van der Waals surface area (Å²) in [5.41, 5.74) is 0.866. The van der Waals surface area contributed by atoms with Crippen LogP contribution in [0.1, 0.15) is 111 Å². The molecular formula is C26H47FOS. The van der Waals surface area contributed by atoms with Crippen LogP contribution in [0.2, 0.25) is 0 Å². The highest BCUT2D eigenvalue weighted by atomic mass is 32.1. The van der Waals surface area contributed by atoms with Gasteiger partial charge in [-0.05, 0) is 60.6 Å². The number of fused-ring (bicyclic) bond motifs is 1. The zero-order valence-electron chi connectivity index (χ0n) is 20.2. The van der Waals surface area contributed by atoms with Crippen molar-refractivity contribution < 1.29 is 9.50 Å². The third-order valence-corrected chi connectivity index (χ3v) is 6.34. The van der Waals surface area contributed by atoms with Gasteiger partial charge in [-0.2, -0.15) is 12.6 Å². The van der Waals surface area contributed by atoms with Crippen molar-refractivity contribution in [1.29, 1.82) is 0 Å². The number of rotatable bonds is 9. The maximum absolute atomic E-state index is 13.5. The van der Waals surface area contributed by atoms with Crippen LogP contribution < -0.4 is 0 Å². The first-order valence-corrected chi connectivity index (χ1v) is 12.5. The van der Waals surface area contributed by atoms with Gasteiger partial charge in [0.1, 0.15) is 5.82 Å². The third-order valence-electron chi connectivity index (χ3n) is 6.02. The number of hydrogen-bond acceptors (Lipinski definition) is 2. The van der Waals surface area contributed by atoms with Crippen LogP contribution in [0.4, 0.5) is 4.39 Å². The number of halogens is 1. The lowest BCUT2D eigenvalue weighted by atomic mass is 9.65. The molecule has 0 aromatic heterocycles. The van der Waals surface area contributed by atoms with Crippen LogP contribution in [0.25, 0.3) is 0 Å². The summed E-state index contributed by atoms with van der Waals surface area (Å²) in [6, 6.07) is 4.89. The van der Waals surface area contributed by atoms with E-state index in [2.05, 4.69) is 47.2 Å². The van der Waals surface area contributed by atoms with Crippen LogP contribution in [-0.2, 0) is 12.0 Å². The summed E-state index contributed by atoms with van der Waals surface area (Å²) in [7, 11) is 0. The lowest BCUT2D eigenvalue weighted by Gasteiger charge is -2.44. The van der Waals surface area contributed by atoms with Gasteiger partial charge in [0.15, 0.2) is 0 Å². The van der Waals surface area contributed by atoms with Crippen LogP contribution in [0.5, 0.6) is 0 Å². The van der Waals surface area contributed by atoms with Crippen molar-refractivity contribution in [3.8, 4) is 0 Å². The SMILES string of the molecule is CC.CCCC(CCC)C1(O)c2ccc(F)cc2CC1(C)C.CCCCCCS. The van der Waals surface area contributed by atoms with Gasteiger partial charge < -0.3 is 5.11 Å². The van der Waals surface area contributed by atoms with E-state index in [1.165, 1.54) is 31.7 Å². The molecular weight excluding hydrogens is 379 g/mol. The van der Waals surface area contributed by atoms with Gasteiger partial charge in [-0.15, -0.1) is 0 Å². The highest BCUT2D eigenvalue weighted by Crippen LogP contribution is 2.56. The summed E-state index contributed by atoms with van der Waals surface area (Å²) in [5.74, 6) is 1.10. The van der Waals surface area contributed by atoms with Crippen molar-refractivity contribution in [1.82, 2.24) is 0 Å². The molecule has 1 aliphatic carbocycles. The van der Waals surface area contributed by atoms with E-state index in [0.717, 1.165) is 49.0 Å². The Balaban J connectivity index is 0.000000740. The molecule has 1 unspecified atom stereocenters. The summed E-state index contributed by atoms with van der Waals surface area (Å²) in [6.07, 6.45) is 10.3. The first-order chi connectivity index (χ1) is 13.8. The molecule has 0 saturated carbocycles. The van der Waals surface area contributed by atoms with Gasteiger partial charge in [-0.3, -0.25) is 0 Å². The molecule has 1 aromatic carbocycles. The zero-order valence-corrected chi connectivity index (χ0v) is 21.0. The number of benzene rings is 1. The molecule has 1 nitrogen and oxygen atoms in total. The van der Waals surface area contributed by atoms with Gasteiger partial charge in [0, 0.05) is 5.41 Å². The van der Waals surface area contributed by atoms with Crippen LogP contribution in [0.15, 0.2) is 18.2 Å². The molecule has 0 saturated heterocycles. The van der Waals surface area contributed by atoms with Gasteiger partial charge >= 0.3 is 0 Å². The molecule has 0 radical (unpaired) electrons. The molecule has 1 atom stereocenters. The Hall–Kier alpha value is -0.540. The van der Waals surface area contributed by atoms with E-state index in [1.54, 1.807) is 12.1 Å². The second-order valence-corrected chi connectivity index (χ2v) is 9.13. The van der Waals surface area contributed by atoms with Crippen molar-refractivity contribution >= 4 is 12.6 Å². The minimum Gasteiger partial charge on any atom is -0.384 e.